The molecule has 7 atom stereocenters. The van der Waals surface area contributed by atoms with Crippen LogP contribution in [0.15, 0.2) is 12.1 Å². The Balaban J connectivity index is 1.52. The van der Waals surface area contributed by atoms with Gasteiger partial charge in [-0.2, -0.15) is 0 Å². The SMILES string of the molecule is CC(=O)N[C@H]1[C@H]([C@H](O)[C@H](O)CNC(=O)c2cc(C)c(O)c(C)c2)O[C@@](CCN2CCN(C)C[C@]23CCN(C(=O)OC(C)(C)C)C3)(C(=O)O)C[C@@H]1O. The number of amides is 3. The number of nitrogens with zero attached hydrogens (tertiary/aromatic N) is 3. The van der Waals surface area contributed by atoms with Gasteiger partial charge in [0.1, 0.15) is 23.6 Å². The first-order chi connectivity index (χ1) is 23.7. The summed E-state index contributed by atoms with van der Waals surface area (Å²) in [4.78, 5) is 57.0. The number of rotatable bonds is 10. The van der Waals surface area contributed by atoms with E-state index in [1.165, 1.54) is 19.1 Å². The average molecular weight is 722 g/mol. The third-order valence-electron chi connectivity index (χ3n) is 10.1. The maximum absolute atomic E-state index is 13.0. The highest BCUT2D eigenvalue weighted by Crippen LogP contribution is 2.38. The van der Waals surface area contributed by atoms with Crippen molar-refractivity contribution < 1.29 is 54.2 Å². The maximum atomic E-state index is 13.0. The van der Waals surface area contributed by atoms with Crippen molar-refractivity contribution in [1.82, 2.24) is 25.3 Å². The lowest BCUT2D eigenvalue weighted by molar-refractivity contribution is -0.230. The lowest BCUT2D eigenvalue weighted by Crippen LogP contribution is -2.68. The fourth-order valence-corrected chi connectivity index (χ4v) is 7.49. The normalized spacial score (nSPS) is 28.7. The van der Waals surface area contributed by atoms with Gasteiger partial charge in [-0.3, -0.25) is 14.5 Å². The number of hydrogen-bond acceptors (Lipinski definition) is 12. The number of hydrogen-bond donors (Lipinski definition) is 7. The molecule has 16 heteroatoms. The summed E-state index contributed by atoms with van der Waals surface area (Å²) in [5.41, 5.74) is -2.00. The molecule has 1 spiro atoms. The van der Waals surface area contributed by atoms with Crippen LogP contribution < -0.4 is 10.6 Å². The Morgan fingerprint density at radius 3 is 2.31 bits per heavy atom. The fraction of sp³-hybridized carbons (Fsp3) is 0.714. The highest BCUT2D eigenvalue weighted by atomic mass is 16.6. The topological polar surface area (TPSA) is 222 Å². The molecule has 0 aromatic heterocycles. The molecule has 0 aliphatic carbocycles. The predicted molar refractivity (Wildman–Crippen MR) is 184 cm³/mol. The van der Waals surface area contributed by atoms with Crippen molar-refractivity contribution in [2.24, 2.45) is 0 Å². The molecule has 4 rings (SSSR count). The van der Waals surface area contributed by atoms with E-state index in [0.29, 0.717) is 50.3 Å². The smallest absolute Gasteiger partial charge is 0.410 e. The van der Waals surface area contributed by atoms with Crippen LogP contribution in [-0.4, -0.2) is 164 Å². The van der Waals surface area contributed by atoms with Gasteiger partial charge in [0.2, 0.25) is 5.91 Å². The summed E-state index contributed by atoms with van der Waals surface area (Å²) in [6, 6.07) is 1.67. The van der Waals surface area contributed by atoms with Gasteiger partial charge in [-0.05, 0) is 71.3 Å². The van der Waals surface area contributed by atoms with E-state index in [2.05, 4.69) is 20.4 Å². The highest BCUT2D eigenvalue weighted by Gasteiger charge is 2.55. The first-order valence-electron chi connectivity index (χ1n) is 17.4. The zero-order valence-electron chi connectivity index (χ0n) is 30.6. The first-order valence-corrected chi connectivity index (χ1v) is 17.4. The second-order valence-electron chi connectivity index (χ2n) is 15.5. The lowest BCUT2D eigenvalue weighted by atomic mass is 9.81. The highest BCUT2D eigenvalue weighted by molar-refractivity contribution is 5.95. The third kappa shape index (κ3) is 9.28. The molecule has 16 nitrogen and oxygen atoms in total. The molecule has 1 aromatic rings. The van der Waals surface area contributed by atoms with Gasteiger partial charge in [-0.15, -0.1) is 0 Å². The molecule has 3 amide bonds. The van der Waals surface area contributed by atoms with Crippen molar-refractivity contribution >= 4 is 23.9 Å². The van der Waals surface area contributed by atoms with Crippen LogP contribution in [0.25, 0.3) is 0 Å². The number of phenolic OH excluding ortho intramolecular Hbond substituents is 1. The van der Waals surface area contributed by atoms with Gasteiger partial charge >= 0.3 is 12.1 Å². The van der Waals surface area contributed by atoms with Gasteiger partial charge in [0, 0.05) is 71.1 Å². The van der Waals surface area contributed by atoms with Crippen LogP contribution in [-0.2, 0) is 19.1 Å². The number of phenols is 1. The number of aromatic hydroxyl groups is 1. The van der Waals surface area contributed by atoms with Crippen LogP contribution in [0.4, 0.5) is 4.79 Å². The molecule has 0 bridgehead atoms. The van der Waals surface area contributed by atoms with Crippen LogP contribution in [0.2, 0.25) is 0 Å². The predicted octanol–water partition coefficient (Wildman–Crippen LogP) is -0.0444. The molecule has 0 unspecified atom stereocenters. The van der Waals surface area contributed by atoms with Gasteiger partial charge in [-0.25, -0.2) is 9.59 Å². The molecule has 3 heterocycles. The van der Waals surface area contributed by atoms with E-state index in [4.69, 9.17) is 9.47 Å². The number of carboxylic acid groups (broad SMARTS) is 1. The number of carbonyl (C=O) groups excluding carboxylic acids is 3. The van der Waals surface area contributed by atoms with E-state index in [1.807, 2.05) is 7.05 Å². The van der Waals surface area contributed by atoms with E-state index < -0.39 is 84.0 Å². The van der Waals surface area contributed by atoms with Crippen molar-refractivity contribution in [1.29, 1.82) is 0 Å². The zero-order valence-corrected chi connectivity index (χ0v) is 30.6. The van der Waals surface area contributed by atoms with Crippen molar-refractivity contribution in [2.75, 3.05) is 52.9 Å². The Hall–Kier alpha value is -3.54. The Bertz CT molecular complexity index is 1450. The van der Waals surface area contributed by atoms with Crippen molar-refractivity contribution in [3.63, 3.8) is 0 Å². The molecule has 3 aliphatic heterocycles. The number of ether oxygens (including phenoxy) is 2. The van der Waals surface area contributed by atoms with Crippen LogP contribution in [0, 0.1) is 13.8 Å². The summed E-state index contributed by atoms with van der Waals surface area (Å²) >= 11 is 0. The molecule has 3 fully saturated rings. The Morgan fingerprint density at radius 1 is 1.08 bits per heavy atom. The largest absolute Gasteiger partial charge is 0.507 e. The molecular weight excluding hydrogens is 666 g/mol. The minimum absolute atomic E-state index is 0.0507. The number of aliphatic hydroxyl groups excluding tert-OH is 3. The van der Waals surface area contributed by atoms with Crippen LogP contribution >= 0.6 is 0 Å². The van der Waals surface area contributed by atoms with Crippen molar-refractivity contribution in [2.45, 2.75) is 108 Å². The number of piperazine rings is 1. The van der Waals surface area contributed by atoms with Gasteiger partial charge < -0.3 is 55.4 Å². The number of nitrogens with one attached hydrogen (secondary N) is 2. The van der Waals surface area contributed by atoms with Crippen molar-refractivity contribution in [3.05, 3.63) is 28.8 Å². The quantitative estimate of drug-likeness (QED) is 0.169. The number of carbonyl (C=O) groups is 4. The maximum Gasteiger partial charge on any atom is 0.410 e. The van der Waals surface area contributed by atoms with E-state index in [1.54, 1.807) is 39.5 Å². The molecule has 3 aliphatic rings. The Morgan fingerprint density at radius 2 is 1.73 bits per heavy atom. The number of benzene rings is 1. The van der Waals surface area contributed by atoms with E-state index >= 15 is 0 Å². The summed E-state index contributed by atoms with van der Waals surface area (Å²) in [7, 11) is 1.99. The average Bonchev–Trinajstić information content (AvgIpc) is 3.45. The molecule has 3 saturated heterocycles. The van der Waals surface area contributed by atoms with Crippen LogP contribution in [0.3, 0.4) is 0 Å². The van der Waals surface area contributed by atoms with Crippen LogP contribution in [0.1, 0.15) is 68.4 Å². The molecule has 0 radical (unpaired) electrons. The van der Waals surface area contributed by atoms with Gasteiger partial charge in [0.05, 0.1) is 23.8 Å². The summed E-state index contributed by atoms with van der Waals surface area (Å²) < 4.78 is 11.8. The number of aryl methyl sites for hydroxylation is 2. The molecule has 286 valence electrons. The van der Waals surface area contributed by atoms with Crippen molar-refractivity contribution in [3.8, 4) is 5.75 Å². The first kappa shape index (κ1) is 40.2. The second kappa shape index (κ2) is 15.6. The second-order valence-corrected chi connectivity index (χ2v) is 15.5. The molecule has 0 saturated carbocycles. The molecule has 51 heavy (non-hydrogen) atoms. The van der Waals surface area contributed by atoms with E-state index in [9.17, 15) is 44.7 Å². The minimum Gasteiger partial charge on any atom is -0.507 e. The summed E-state index contributed by atoms with van der Waals surface area (Å²) in [5.74, 6) is -2.49. The van der Waals surface area contributed by atoms with E-state index in [-0.39, 0.29) is 24.3 Å². The monoisotopic (exact) mass is 721 g/mol. The number of aliphatic carboxylic acids is 1. The van der Waals surface area contributed by atoms with Crippen LogP contribution in [0.5, 0.6) is 5.75 Å². The summed E-state index contributed by atoms with van der Waals surface area (Å²) in [5, 5.41) is 59.4. The summed E-state index contributed by atoms with van der Waals surface area (Å²) in [6.45, 7) is 12.4. The lowest BCUT2D eigenvalue weighted by Gasteiger charge is -2.51. The van der Waals surface area contributed by atoms with Gasteiger partial charge in [0.25, 0.3) is 5.91 Å². The van der Waals surface area contributed by atoms with Gasteiger partial charge in [0.15, 0.2) is 5.60 Å². The Kier molecular flexibility index (Phi) is 12.3. The van der Waals surface area contributed by atoms with Gasteiger partial charge in [-0.1, -0.05) is 0 Å². The van der Waals surface area contributed by atoms with E-state index in [0.717, 1.165) is 0 Å². The molecule has 7 N–H and O–H groups in total. The number of likely N-dealkylation sites (tertiary alicyclic amines) is 1. The fourth-order valence-electron chi connectivity index (χ4n) is 7.49. The minimum atomic E-state index is -2.02. The number of likely N-dealkylation sites (N-methyl/N-ethyl adjacent to an activating group) is 1. The Labute approximate surface area is 298 Å². The number of carboxylic acids is 1. The molecule has 1 aromatic carbocycles. The zero-order chi connectivity index (χ0) is 38.1. The standard InChI is InChI=1S/C35H55N5O11/c1-20-14-23(15-21(2)27(20)44)30(46)36-17-25(43)28(45)29-26(37-22(3)41)24(42)16-35(50-29,31(47)48)9-11-40-13-12-38(7)18-34(40)8-10-39(19-34)32(49)51-33(4,5)6/h14-15,24-26,28-29,42-45H,8-13,16-19H2,1-7H3,(H,36,46)(H,37,41)(H,47,48)/t24-,25+,26+,28+,29+,34-,35+/m0/s1. The summed E-state index contributed by atoms with van der Waals surface area (Å²) in [6.07, 6.45) is -6.89. The number of aliphatic hydroxyl groups is 3. The third-order valence-corrected chi connectivity index (χ3v) is 10.1. The molecular formula is C35H55N5O11.